The van der Waals surface area contributed by atoms with Gasteiger partial charge in [0.2, 0.25) is 0 Å². The van der Waals surface area contributed by atoms with Crippen LogP contribution >= 0.6 is 0 Å². The van der Waals surface area contributed by atoms with Gasteiger partial charge in [0.1, 0.15) is 12.4 Å². The highest BCUT2D eigenvalue weighted by Gasteiger charge is 2.18. The van der Waals surface area contributed by atoms with Gasteiger partial charge in [0, 0.05) is 12.7 Å². The van der Waals surface area contributed by atoms with Gasteiger partial charge in [-0.25, -0.2) is 9.18 Å². The van der Waals surface area contributed by atoms with Crippen molar-refractivity contribution in [3.63, 3.8) is 0 Å². The van der Waals surface area contributed by atoms with Gasteiger partial charge in [0.25, 0.3) is 0 Å². The number of hydrogen-bond acceptors (Lipinski definition) is 4. The molecule has 0 aromatic heterocycles. The number of oxime groups is 1. The molecule has 0 saturated heterocycles. The minimum absolute atomic E-state index is 0.201. The molecule has 1 aliphatic carbocycles. The highest BCUT2D eigenvalue weighted by atomic mass is 32.2. The Hall–Kier alpha value is -3.06. The van der Waals surface area contributed by atoms with E-state index in [9.17, 15) is 13.4 Å². The Balaban J connectivity index is 1.89. The normalized spacial score (nSPS) is 15.4. The van der Waals surface area contributed by atoms with Crippen molar-refractivity contribution in [1.82, 2.24) is 0 Å². The lowest BCUT2D eigenvalue weighted by Crippen LogP contribution is -1.97. The molecule has 2 aromatic rings. The molecular weight excluding hydrogens is 393 g/mol. The van der Waals surface area contributed by atoms with Crippen molar-refractivity contribution in [1.29, 1.82) is 0 Å². The van der Waals surface area contributed by atoms with E-state index in [1.54, 1.807) is 6.07 Å². The standard InChI is InChI=1S/C22H20FNO4S/c1-14-9-21(29(2)27)20(23)12-16(14)11-17-10-15(7-8-28-24-13-22(25)26)18-5-3-4-6-19(17)18/h3-6,9-13H,7-8H2,1-2H3,(H,25,26). The van der Waals surface area contributed by atoms with E-state index in [4.69, 9.17) is 9.94 Å². The van der Waals surface area contributed by atoms with Crippen LogP contribution in [0.5, 0.6) is 0 Å². The zero-order chi connectivity index (χ0) is 21.0. The third-order valence-electron chi connectivity index (χ3n) is 4.56. The maximum atomic E-state index is 14.3. The predicted octanol–water partition coefficient (Wildman–Crippen LogP) is 4.29. The number of aryl methyl sites for hydroxylation is 1. The first-order chi connectivity index (χ1) is 13.9. The molecule has 0 bridgehead atoms. The van der Waals surface area contributed by atoms with Crippen LogP contribution in [-0.4, -0.2) is 34.4 Å². The Kier molecular flexibility index (Phi) is 6.39. The van der Waals surface area contributed by atoms with E-state index < -0.39 is 22.6 Å². The molecular formula is C22H20FNO4S. The maximum Gasteiger partial charge on any atom is 0.350 e. The molecule has 5 nitrogen and oxygen atoms in total. The summed E-state index contributed by atoms with van der Waals surface area (Å²) in [5.41, 5.74) is 5.61. The van der Waals surface area contributed by atoms with Gasteiger partial charge in [-0.05, 0) is 58.5 Å². The Bertz CT molecular complexity index is 1070. The van der Waals surface area contributed by atoms with Crippen LogP contribution in [-0.2, 0) is 20.4 Å². The topological polar surface area (TPSA) is 76.0 Å². The smallest absolute Gasteiger partial charge is 0.350 e. The number of halogens is 1. The molecule has 0 fully saturated rings. The zero-order valence-corrected chi connectivity index (χ0v) is 16.8. The van der Waals surface area contributed by atoms with Gasteiger partial charge < -0.3 is 9.94 Å². The molecule has 1 unspecified atom stereocenters. The first kappa shape index (κ1) is 20.7. The summed E-state index contributed by atoms with van der Waals surface area (Å²) < 4.78 is 26.0. The second kappa shape index (κ2) is 8.96. The van der Waals surface area contributed by atoms with Crippen molar-refractivity contribution in [2.45, 2.75) is 18.2 Å². The number of fused-ring (bicyclic) bond motifs is 1. The number of allylic oxidation sites excluding steroid dienone is 2. The van der Waals surface area contributed by atoms with Crippen molar-refractivity contribution in [2.75, 3.05) is 12.9 Å². The van der Waals surface area contributed by atoms with E-state index >= 15 is 0 Å². The molecule has 150 valence electrons. The third-order valence-corrected chi connectivity index (χ3v) is 5.49. The second-order valence-electron chi connectivity index (χ2n) is 6.56. The molecule has 2 aromatic carbocycles. The van der Waals surface area contributed by atoms with Crippen LogP contribution in [0.3, 0.4) is 0 Å². The number of rotatable bonds is 7. The van der Waals surface area contributed by atoms with Gasteiger partial charge in [0.05, 0.1) is 15.7 Å². The summed E-state index contributed by atoms with van der Waals surface area (Å²) in [4.78, 5) is 15.6. The summed E-state index contributed by atoms with van der Waals surface area (Å²) in [6.45, 7) is 2.10. The summed E-state index contributed by atoms with van der Waals surface area (Å²) >= 11 is 0. The van der Waals surface area contributed by atoms with E-state index in [0.717, 1.165) is 33.4 Å². The average molecular weight is 413 g/mol. The van der Waals surface area contributed by atoms with Crippen LogP contribution in [0.2, 0.25) is 0 Å². The summed E-state index contributed by atoms with van der Waals surface area (Å²) in [6, 6.07) is 10.9. The van der Waals surface area contributed by atoms with E-state index in [-0.39, 0.29) is 11.5 Å². The van der Waals surface area contributed by atoms with Gasteiger partial charge in [-0.2, -0.15) is 0 Å². The molecule has 0 radical (unpaired) electrons. The Morgan fingerprint density at radius 1 is 1.28 bits per heavy atom. The SMILES string of the molecule is Cc1cc(S(C)=O)c(F)cc1C=C1C=C(CCON=CC(=O)O)c2ccccc21. The maximum absolute atomic E-state index is 14.3. The van der Waals surface area contributed by atoms with E-state index in [1.165, 1.54) is 12.3 Å². The Morgan fingerprint density at radius 3 is 2.69 bits per heavy atom. The third kappa shape index (κ3) is 4.86. The average Bonchev–Trinajstić information content (AvgIpc) is 3.01. The van der Waals surface area contributed by atoms with Crippen molar-refractivity contribution in [3.8, 4) is 0 Å². The number of hydrogen-bond donors (Lipinski definition) is 1. The number of nitrogens with zero attached hydrogens (tertiary/aromatic N) is 1. The van der Waals surface area contributed by atoms with Crippen molar-refractivity contribution in [2.24, 2.45) is 5.16 Å². The Morgan fingerprint density at radius 2 is 2.00 bits per heavy atom. The van der Waals surface area contributed by atoms with Gasteiger partial charge in [-0.3, -0.25) is 4.21 Å². The molecule has 1 atom stereocenters. The lowest BCUT2D eigenvalue weighted by Gasteiger charge is -2.07. The highest BCUT2D eigenvalue weighted by Crippen LogP contribution is 2.38. The molecule has 1 aliphatic rings. The van der Waals surface area contributed by atoms with Crippen LogP contribution in [0.25, 0.3) is 17.2 Å². The van der Waals surface area contributed by atoms with Crippen molar-refractivity contribution < 1.29 is 23.3 Å². The summed E-state index contributed by atoms with van der Waals surface area (Å²) in [6.07, 6.45) is 6.63. The van der Waals surface area contributed by atoms with Gasteiger partial charge >= 0.3 is 5.97 Å². The first-order valence-electron chi connectivity index (χ1n) is 8.90. The van der Waals surface area contributed by atoms with Gasteiger partial charge in [-0.1, -0.05) is 35.5 Å². The first-order valence-corrected chi connectivity index (χ1v) is 10.5. The van der Waals surface area contributed by atoms with Crippen molar-refractivity contribution >= 4 is 40.2 Å². The monoisotopic (exact) mass is 413 g/mol. The summed E-state index contributed by atoms with van der Waals surface area (Å²) in [5, 5.41) is 11.9. The predicted molar refractivity (Wildman–Crippen MR) is 112 cm³/mol. The fraction of sp³-hybridized carbons (Fsp3) is 0.182. The molecule has 0 aliphatic heterocycles. The number of carboxylic acid groups (broad SMARTS) is 1. The molecule has 0 heterocycles. The van der Waals surface area contributed by atoms with E-state index in [1.807, 2.05) is 43.3 Å². The number of carboxylic acids is 1. The minimum atomic E-state index is -1.38. The number of aliphatic carboxylic acids is 1. The molecule has 29 heavy (non-hydrogen) atoms. The summed E-state index contributed by atoms with van der Waals surface area (Å²) in [7, 11) is -1.38. The molecule has 0 amide bonds. The molecule has 7 heteroatoms. The van der Waals surface area contributed by atoms with E-state index in [2.05, 4.69) is 5.16 Å². The fourth-order valence-electron chi connectivity index (χ4n) is 3.19. The quantitative estimate of drug-likeness (QED) is 0.417. The van der Waals surface area contributed by atoms with Crippen LogP contribution in [0, 0.1) is 12.7 Å². The van der Waals surface area contributed by atoms with Crippen LogP contribution in [0.1, 0.15) is 28.7 Å². The molecule has 0 saturated carbocycles. The van der Waals surface area contributed by atoms with Gasteiger partial charge in [-0.15, -0.1) is 0 Å². The highest BCUT2D eigenvalue weighted by molar-refractivity contribution is 7.84. The Labute approximate surface area is 170 Å². The van der Waals surface area contributed by atoms with Gasteiger partial charge in [0.15, 0.2) is 6.21 Å². The lowest BCUT2D eigenvalue weighted by atomic mass is 10.0. The molecule has 1 N–H and O–H groups in total. The fourth-order valence-corrected chi connectivity index (χ4v) is 3.86. The van der Waals surface area contributed by atoms with Crippen LogP contribution in [0.15, 0.2) is 52.5 Å². The summed E-state index contributed by atoms with van der Waals surface area (Å²) in [5.74, 6) is -1.65. The number of benzene rings is 2. The lowest BCUT2D eigenvalue weighted by molar-refractivity contribution is -0.129. The largest absolute Gasteiger partial charge is 0.477 e. The van der Waals surface area contributed by atoms with E-state index in [0.29, 0.717) is 12.6 Å². The molecule has 0 spiro atoms. The minimum Gasteiger partial charge on any atom is -0.477 e. The second-order valence-corrected chi connectivity index (χ2v) is 7.91. The zero-order valence-electron chi connectivity index (χ0n) is 16.0. The van der Waals surface area contributed by atoms with Crippen LogP contribution in [0.4, 0.5) is 4.39 Å². The molecule has 3 rings (SSSR count). The van der Waals surface area contributed by atoms with Crippen LogP contribution < -0.4 is 0 Å². The van der Waals surface area contributed by atoms with Crippen molar-refractivity contribution in [3.05, 3.63) is 70.5 Å². The number of carbonyl (C=O) groups is 1.